The molecular formula is C20H26N2O4S. The van der Waals surface area contributed by atoms with Crippen molar-refractivity contribution < 1.29 is 17.9 Å². The van der Waals surface area contributed by atoms with Gasteiger partial charge in [-0.25, -0.2) is 8.42 Å². The minimum atomic E-state index is -3.61. The number of piperazine rings is 1. The van der Waals surface area contributed by atoms with Crippen LogP contribution < -0.4 is 14.4 Å². The van der Waals surface area contributed by atoms with Gasteiger partial charge in [0, 0.05) is 26.2 Å². The molecule has 0 bridgehead atoms. The Balaban J connectivity index is 1.81. The van der Waals surface area contributed by atoms with E-state index in [0.717, 1.165) is 23.4 Å². The van der Waals surface area contributed by atoms with E-state index in [1.807, 2.05) is 37.3 Å². The topological polar surface area (TPSA) is 59.1 Å². The number of anilines is 1. The summed E-state index contributed by atoms with van der Waals surface area (Å²) in [4.78, 5) is 2.40. The minimum absolute atomic E-state index is 0.245. The van der Waals surface area contributed by atoms with Crippen LogP contribution in [0.5, 0.6) is 11.5 Å². The van der Waals surface area contributed by atoms with Gasteiger partial charge in [-0.3, -0.25) is 0 Å². The van der Waals surface area contributed by atoms with Gasteiger partial charge in [-0.2, -0.15) is 4.31 Å². The number of sulfonamides is 1. The summed E-state index contributed by atoms with van der Waals surface area (Å²) in [5.41, 5.74) is 1.96. The van der Waals surface area contributed by atoms with Crippen molar-refractivity contribution in [2.45, 2.75) is 18.2 Å². The van der Waals surface area contributed by atoms with Crippen molar-refractivity contribution in [2.75, 3.05) is 45.3 Å². The Morgan fingerprint density at radius 2 is 1.59 bits per heavy atom. The molecule has 0 amide bonds. The van der Waals surface area contributed by atoms with Crippen LogP contribution in [0.25, 0.3) is 0 Å². The molecule has 0 aromatic heterocycles. The molecule has 1 saturated heterocycles. The van der Waals surface area contributed by atoms with E-state index in [2.05, 4.69) is 4.90 Å². The van der Waals surface area contributed by atoms with Gasteiger partial charge in [0.1, 0.15) is 16.4 Å². The molecule has 2 aromatic carbocycles. The lowest BCUT2D eigenvalue weighted by Crippen LogP contribution is -2.48. The Labute approximate surface area is 161 Å². The highest BCUT2D eigenvalue weighted by Crippen LogP contribution is 2.31. The molecule has 0 spiro atoms. The Hall–Kier alpha value is -2.25. The molecular weight excluding hydrogens is 364 g/mol. The molecule has 0 N–H and O–H groups in total. The molecule has 27 heavy (non-hydrogen) atoms. The SMILES string of the molecule is CCc1ccc(OC)c(S(=O)(=O)N2CCN(c3ccccc3OC)CC2)c1. The Kier molecular flexibility index (Phi) is 5.92. The molecule has 2 aromatic rings. The van der Waals surface area contributed by atoms with Crippen LogP contribution in [0.4, 0.5) is 5.69 Å². The van der Waals surface area contributed by atoms with Crippen molar-refractivity contribution in [3.8, 4) is 11.5 Å². The van der Waals surface area contributed by atoms with E-state index in [1.54, 1.807) is 19.2 Å². The molecule has 1 aliphatic rings. The fourth-order valence-electron chi connectivity index (χ4n) is 3.34. The van der Waals surface area contributed by atoms with Gasteiger partial charge in [0.05, 0.1) is 19.9 Å². The van der Waals surface area contributed by atoms with Crippen molar-refractivity contribution in [1.82, 2.24) is 4.31 Å². The predicted octanol–water partition coefficient (Wildman–Crippen LogP) is 2.78. The summed E-state index contributed by atoms with van der Waals surface area (Å²) in [5, 5.41) is 0. The summed E-state index contributed by atoms with van der Waals surface area (Å²) in [6, 6.07) is 13.2. The van der Waals surface area contributed by atoms with Crippen molar-refractivity contribution in [2.24, 2.45) is 0 Å². The summed E-state index contributed by atoms with van der Waals surface area (Å²) in [6.45, 7) is 4.05. The monoisotopic (exact) mass is 390 g/mol. The average molecular weight is 391 g/mol. The van der Waals surface area contributed by atoms with Crippen LogP contribution in [0, 0.1) is 0 Å². The fourth-order valence-corrected chi connectivity index (χ4v) is 4.97. The highest BCUT2D eigenvalue weighted by Gasteiger charge is 2.31. The van der Waals surface area contributed by atoms with Crippen LogP contribution in [-0.4, -0.2) is 53.1 Å². The number of hydrogen-bond acceptors (Lipinski definition) is 5. The third-order valence-electron chi connectivity index (χ3n) is 4.92. The molecule has 0 atom stereocenters. The van der Waals surface area contributed by atoms with E-state index in [4.69, 9.17) is 9.47 Å². The predicted molar refractivity (Wildman–Crippen MR) is 106 cm³/mol. The number of methoxy groups -OCH3 is 2. The van der Waals surface area contributed by atoms with E-state index in [-0.39, 0.29) is 4.90 Å². The molecule has 7 heteroatoms. The lowest BCUT2D eigenvalue weighted by Gasteiger charge is -2.36. The average Bonchev–Trinajstić information content (AvgIpc) is 2.73. The first kappa shape index (κ1) is 19.5. The first-order valence-corrected chi connectivity index (χ1v) is 10.5. The quantitative estimate of drug-likeness (QED) is 0.759. The van der Waals surface area contributed by atoms with Crippen LogP contribution in [0.2, 0.25) is 0 Å². The second kappa shape index (κ2) is 8.19. The third-order valence-corrected chi connectivity index (χ3v) is 6.84. The van der Waals surface area contributed by atoms with Crippen LogP contribution in [-0.2, 0) is 16.4 Å². The normalized spacial score (nSPS) is 15.6. The molecule has 0 radical (unpaired) electrons. The zero-order valence-electron chi connectivity index (χ0n) is 16.0. The maximum atomic E-state index is 13.2. The third kappa shape index (κ3) is 3.89. The van der Waals surface area contributed by atoms with E-state index >= 15 is 0 Å². The number of hydrogen-bond donors (Lipinski definition) is 0. The maximum Gasteiger partial charge on any atom is 0.246 e. The van der Waals surface area contributed by atoms with Crippen LogP contribution >= 0.6 is 0 Å². The Morgan fingerprint density at radius 3 is 2.22 bits per heavy atom. The standard InChI is InChI=1S/C20H26N2O4S/c1-4-16-9-10-19(26-3)20(15-16)27(23,24)22-13-11-21(12-14-22)17-7-5-6-8-18(17)25-2/h5-10,15H,4,11-14H2,1-3H3. The first-order valence-electron chi connectivity index (χ1n) is 9.06. The molecule has 0 aliphatic carbocycles. The van der Waals surface area contributed by atoms with Gasteiger partial charge >= 0.3 is 0 Å². The number of rotatable bonds is 6. The second-order valence-electron chi connectivity index (χ2n) is 6.40. The number of nitrogens with zero attached hydrogens (tertiary/aromatic N) is 2. The van der Waals surface area contributed by atoms with Crippen molar-refractivity contribution in [3.63, 3.8) is 0 Å². The van der Waals surface area contributed by atoms with E-state index in [9.17, 15) is 8.42 Å². The number of benzene rings is 2. The minimum Gasteiger partial charge on any atom is -0.495 e. The molecule has 3 rings (SSSR count). The van der Waals surface area contributed by atoms with Gasteiger partial charge in [-0.05, 0) is 36.2 Å². The number of aryl methyl sites for hydroxylation is 1. The molecule has 6 nitrogen and oxygen atoms in total. The molecule has 1 heterocycles. The molecule has 0 unspecified atom stereocenters. The van der Waals surface area contributed by atoms with Gasteiger partial charge in [-0.1, -0.05) is 25.1 Å². The summed E-state index contributed by atoms with van der Waals surface area (Å²) < 4.78 is 38.7. The first-order chi connectivity index (χ1) is 13.0. The number of ether oxygens (including phenoxy) is 2. The van der Waals surface area contributed by atoms with E-state index < -0.39 is 10.0 Å². The maximum absolute atomic E-state index is 13.2. The van der Waals surface area contributed by atoms with Gasteiger partial charge in [0.2, 0.25) is 10.0 Å². The fraction of sp³-hybridized carbons (Fsp3) is 0.400. The Bertz CT molecular complexity index is 891. The Morgan fingerprint density at radius 1 is 0.926 bits per heavy atom. The highest BCUT2D eigenvalue weighted by molar-refractivity contribution is 7.89. The zero-order valence-corrected chi connectivity index (χ0v) is 16.8. The van der Waals surface area contributed by atoms with Crippen LogP contribution in [0.3, 0.4) is 0 Å². The van der Waals surface area contributed by atoms with Gasteiger partial charge in [0.15, 0.2) is 0 Å². The molecule has 146 valence electrons. The van der Waals surface area contributed by atoms with Crippen molar-refractivity contribution >= 4 is 15.7 Å². The van der Waals surface area contributed by atoms with Gasteiger partial charge < -0.3 is 14.4 Å². The zero-order chi connectivity index (χ0) is 19.4. The molecule has 1 fully saturated rings. The van der Waals surface area contributed by atoms with Gasteiger partial charge in [0.25, 0.3) is 0 Å². The molecule has 1 aliphatic heterocycles. The second-order valence-corrected chi connectivity index (χ2v) is 8.31. The smallest absolute Gasteiger partial charge is 0.246 e. The van der Waals surface area contributed by atoms with Crippen molar-refractivity contribution in [1.29, 1.82) is 0 Å². The van der Waals surface area contributed by atoms with Crippen molar-refractivity contribution in [3.05, 3.63) is 48.0 Å². The summed E-state index contributed by atoms with van der Waals surface area (Å²) in [6.07, 6.45) is 0.772. The molecule has 0 saturated carbocycles. The lowest BCUT2D eigenvalue weighted by atomic mass is 10.2. The summed E-state index contributed by atoms with van der Waals surface area (Å²) in [7, 11) is -0.463. The largest absolute Gasteiger partial charge is 0.495 e. The number of para-hydroxylation sites is 2. The summed E-state index contributed by atoms with van der Waals surface area (Å²) in [5.74, 6) is 1.19. The lowest BCUT2D eigenvalue weighted by molar-refractivity contribution is 0.370. The highest BCUT2D eigenvalue weighted by atomic mass is 32.2. The van der Waals surface area contributed by atoms with E-state index in [0.29, 0.717) is 31.9 Å². The van der Waals surface area contributed by atoms with Crippen LogP contribution in [0.15, 0.2) is 47.4 Å². The summed E-state index contributed by atoms with van der Waals surface area (Å²) >= 11 is 0. The van der Waals surface area contributed by atoms with Gasteiger partial charge in [-0.15, -0.1) is 0 Å². The van der Waals surface area contributed by atoms with Crippen LogP contribution in [0.1, 0.15) is 12.5 Å². The van der Waals surface area contributed by atoms with E-state index in [1.165, 1.54) is 11.4 Å².